The zero-order valence-electron chi connectivity index (χ0n) is 13.7. The maximum Gasteiger partial charge on any atom is 0.303 e. The number of thiophene rings is 1. The van der Waals surface area contributed by atoms with E-state index < -0.39 is 5.97 Å². The van der Waals surface area contributed by atoms with E-state index in [9.17, 15) is 9.59 Å². The molecule has 0 aliphatic rings. The molecule has 6 heteroatoms. The number of aliphatic carboxylic acids is 1. The lowest BCUT2D eigenvalue weighted by molar-refractivity contribution is -0.137. The third kappa shape index (κ3) is 4.83. The number of nitrogens with one attached hydrogen (secondary N) is 1. The molecule has 1 heterocycles. The van der Waals surface area contributed by atoms with Crippen LogP contribution in [0.5, 0.6) is 5.75 Å². The fourth-order valence-corrected chi connectivity index (χ4v) is 3.25. The summed E-state index contributed by atoms with van der Waals surface area (Å²) in [6, 6.07) is 11.5. The predicted octanol–water partition coefficient (Wildman–Crippen LogP) is 3.80. The van der Waals surface area contributed by atoms with Crippen molar-refractivity contribution in [3.63, 3.8) is 0 Å². The molecule has 0 saturated carbocycles. The van der Waals surface area contributed by atoms with Crippen molar-refractivity contribution < 1.29 is 19.4 Å². The van der Waals surface area contributed by atoms with E-state index >= 15 is 0 Å². The first kappa shape index (κ1) is 18.0. The molecular weight excluding hydrogens is 326 g/mol. The van der Waals surface area contributed by atoms with Gasteiger partial charge in [0.15, 0.2) is 0 Å². The van der Waals surface area contributed by atoms with Gasteiger partial charge in [-0.05, 0) is 31.9 Å². The fraction of sp³-hybridized carbons (Fsp3) is 0.333. The van der Waals surface area contributed by atoms with E-state index in [-0.39, 0.29) is 18.4 Å². The Morgan fingerprint density at radius 2 is 2.00 bits per heavy atom. The molecule has 0 spiro atoms. The highest BCUT2D eigenvalue weighted by Crippen LogP contribution is 2.36. The summed E-state index contributed by atoms with van der Waals surface area (Å²) in [6.45, 7) is 4.14. The predicted molar refractivity (Wildman–Crippen MR) is 94.7 cm³/mol. The topological polar surface area (TPSA) is 75.6 Å². The summed E-state index contributed by atoms with van der Waals surface area (Å²) in [5.41, 5.74) is 1.03. The average Bonchev–Trinajstić information content (AvgIpc) is 2.98. The van der Waals surface area contributed by atoms with Crippen molar-refractivity contribution in [1.29, 1.82) is 0 Å². The molecular formula is C18H21NO4S. The third-order valence-corrected chi connectivity index (χ3v) is 4.60. The summed E-state index contributed by atoms with van der Waals surface area (Å²) in [7, 11) is 0. The molecule has 5 nitrogen and oxygen atoms in total. The maximum atomic E-state index is 12.5. The summed E-state index contributed by atoms with van der Waals surface area (Å²) in [4.78, 5) is 24.6. The van der Waals surface area contributed by atoms with E-state index in [4.69, 9.17) is 9.84 Å². The molecule has 0 aliphatic carbocycles. The first-order chi connectivity index (χ1) is 11.5. The number of carboxylic acids is 1. The second kappa shape index (κ2) is 8.49. The van der Waals surface area contributed by atoms with Gasteiger partial charge in [-0.1, -0.05) is 30.3 Å². The Morgan fingerprint density at radius 1 is 1.29 bits per heavy atom. The number of hydrogen-bond acceptors (Lipinski definition) is 4. The summed E-state index contributed by atoms with van der Waals surface area (Å²) in [5, 5.41) is 11.6. The number of amides is 1. The smallest absolute Gasteiger partial charge is 0.303 e. The molecule has 1 atom stereocenters. The second-order valence-corrected chi connectivity index (χ2v) is 6.46. The Bertz CT molecular complexity index is 696. The van der Waals surface area contributed by atoms with E-state index in [2.05, 4.69) is 5.32 Å². The molecule has 128 valence electrons. The van der Waals surface area contributed by atoms with Crippen LogP contribution in [-0.2, 0) is 4.79 Å². The first-order valence-corrected chi connectivity index (χ1v) is 8.67. The number of ether oxygens (including phenoxy) is 1. The zero-order valence-corrected chi connectivity index (χ0v) is 14.6. The van der Waals surface area contributed by atoms with Crippen molar-refractivity contribution in [2.24, 2.45) is 0 Å². The van der Waals surface area contributed by atoms with Crippen molar-refractivity contribution in [1.82, 2.24) is 5.32 Å². The lowest BCUT2D eigenvalue weighted by Gasteiger charge is -2.12. The van der Waals surface area contributed by atoms with Gasteiger partial charge in [0.1, 0.15) is 10.6 Å². The Labute approximate surface area is 145 Å². The molecule has 1 amide bonds. The molecule has 0 fully saturated rings. The summed E-state index contributed by atoms with van der Waals surface area (Å²) >= 11 is 1.37. The Kier molecular flexibility index (Phi) is 6.37. The van der Waals surface area contributed by atoms with Gasteiger partial charge in [0.25, 0.3) is 5.91 Å². The van der Waals surface area contributed by atoms with Crippen LogP contribution < -0.4 is 10.1 Å². The number of hydrogen-bond donors (Lipinski definition) is 2. The van der Waals surface area contributed by atoms with Gasteiger partial charge in [0.2, 0.25) is 0 Å². The van der Waals surface area contributed by atoms with E-state index in [1.54, 1.807) is 6.92 Å². The standard InChI is InChI=1S/C18H21NO4S/c1-3-23-14-11-15(13-7-5-4-6-8-13)24-17(14)18(22)19-12(2)9-10-16(20)21/h4-8,11-12H,3,9-10H2,1-2H3,(H,19,22)(H,20,21). The fourth-order valence-electron chi connectivity index (χ4n) is 2.24. The van der Waals surface area contributed by atoms with Gasteiger partial charge in [0.05, 0.1) is 6.61 Å². The molecule has 2 N–H and O–H groups in total. The van der Waals surface area contributed by atoms with Crippen LogP contribution in [0.15, 0.2) is 36.4 Å². The minimum atomic E-state index is -0.867. The van der Waals surface area contributed by atoms with Crippen LogP contribution in [0.25, 0.3) is 10.4 Å². The monoisotopic (exact) mass is 347 g/mol. The highest BCUT2D eigenvalue weighted by atomic mass is 32.1. The summed E-state index contributed by atoms with van der Waals surface area (Å²) in [5.74, 6) is -0.540. The normalized spacial score (nSPS) is 11.8. The lowest BCUT2D eigenvalue weighted by Crippen LogP contribution is -2.32. The zero-order chi connectivity index (χ0) is 17.5. The van der Waals surface area contributed by atoms with Crippen molar-refractivity contribution in [2.45, 2.75) is 32.7 Å². The van der Waals surface area contributed by atoms with Crippen molar-refractivity contribution >= 4 is 23.2 Å². The van der Waals surface area contributed by atoms with Gasteiger partial charge >= 0.3 is 5.97 Å². The molecule has 2 aromatic rings. The van der Waals surface area contributed by atoms with Crippen LogP contribution in [0.2, 0.25) is 0 Å². The van der Waals surface area contributed by atoms with E-state index in [1.807, 2.05) is 43.3 Å². The van der Waals surface area contributed by atoms with Gasteiger partial charge < -0.3 is 15.2 Å². The molecule has 0 aliphatic heterocycles. The Balaban J connectivity index is 2.17. The van der Waals surface area contributed by atoms with Crippen LogP contribution in [0.3, 0.4) is 0 Å². The molecule has 1 aromatic carbocycles. The Morgan fingerprint density at radius 3 is 2.62 bits per heavy atom. The quantitative estimate of drug-likeness (QED) is 0.762. The van der Waals surface area contributed by atoms with Crippen LogP contribution in [0, 0.1) is 0 Å². The maximum absolute atomic E-state index is 12.5. The number of rotatable bonds is 8. The van der Waals surface area contributed by atoms with Gasteiger partial charge in [0, 0.05) is 17.3 Å². The minimum absolute atomic E-state index is 0.0273. The third-order valence-electron chi connectivity index (χ3n) is 3.43. The molecule has 0 bridgehead atoms. The molecule has 2 rings (SSSR count). The van der Waals surface area contributed by atoms with Gasteiger partial charge in [-0.2, -0.15) is 0 Å². The van der Waals surface area contributed by atoms with E-state index in [0.29, 0.717) is 23.7 Å². The first-order valence-electron chi connectivity index (χ1n) is 7.86. The lowest BCUT2D eigenvalue weighted by atomic mass is 10.2. The number of carboxylic acid groups (broad SMARTS) is 1. The largest absolute Gasteiger partial charge is 0.492 e. The van der Waals surface area contributed by atoms with Gasteiger partial charge in [-0.15, -0.1) is 11.3 Å². The molecule has 1 aromatic heterocycles. The molecule has 0 saturated heterocycles. The second-order valence-electron chi connectivity index (χ2n) is 5.41. The SMILES string of the molecule is CCOc1cc(-c2ccccc2)sc1C(=O)NC(C)CCC(=O)O. The number of carbonyl (C=O) groups excluding carboxylic acids is 1. The van der Waals surface area contributed by atoms with Gasteiger partial charge in [-0.3, -0.25) is 9.59 Å². The van der Waals surface area contributed by atoms with Crippen LogP contribution >= 0.6 is 11.3 Å². The minimum Gasteiger partial charge on any atom is -0.492 e. The van der Waals surface area contributed by atoms with Crippen molar-refractivity contribution in [3.05, 3.63) is 41.3 Å². The highest BCUT2D eigenvalue weighted by Gasteiger charge is 2.20. The summed E-state index contributed by atoms with van der Waals surface area (Å²) < 4.78 is 5.60. The average molecular weight is 347 g/mol. The van der Waals surface area contributed by atoms with Crippen molar-refractivity contribution in [3.8, 4) is 16.2 Å². The van der Waals surface area contributed by atoms with Crippen LogP contribution in [-0.4, -0.2) is 29.6 Å². The number of benzene rings is 1. The highest BCUT2D eigenvalue weighted by molar-refractivity contribution is 7.17. The van der Waals surface area contributed by atoms with Crippen molar-refractivity contribution in [2.75, 3.05) is 6.61 Å². The van der Waals surface area contributed by atoms with Crippen LogP contribution in [0.1, 0.15) is 36.4 Å². The Hall–Kier alpha value is -2.34. The molecule has 24 heavy (non-hydrogen) atoms. The molecule has 0 radical (unpaired) electrons. The molecule has 1 unspecified atom stereocenters. The van der Waals surface area contributed by atoms with Gasteiger partial charge in [-0.25, -0.2) is 0 Å². The van der Waals surface area contributed by atoms with E-state index in [1.165, 1.54) is 11.3 Å². The van der Waals surface area contributed by atoms with Crippen LogP contribution in [0.4, 0.5) is 0 Å². The van der Waals surface area contributed by atoms with E-state index in [0.717, 1.165) is 10.4 Å². The summed E-state index contributed by atoms with van der Waals surface area (Å²) in [6.07, 6.45) is 0.418. The number of carbonyl (C=O) groups is 2.